The molecular formula is C24H27N5O7S2. The highest BCUT2D eigenvalue weighted by Crippen LogP contribution is 2.28. The molecule has 38 heavy (non-hydrogen) atoms. The van der Waals surface area contributed by atoms with E-state index in [2.05, 4.69) is 20.9 Å². The summed E-state index contributed by atoms with van der Waals surface area (Å²) in [5, 5.41) is 7.27. The Balaban J connectivity index is 1.35. The molecule has 1 aromatic heterocycles. The highest BCUT2D eigenvalue weighted by Gasteiger charge is 2.19. The molecule has 0 aliphatic carbocycles. The van der Waals surface area contributed by atoms with Crippen molar-refractivity contribution >= 4 is 55.0 Å². The molecule has 12 nitrogen and oxygen atoms in total. The molecule has 0 spiro atoms. The number of nitrogens with two attached hydrogens (primary N) is 1. The van der Waals surface area contributed by atoms with Crippen LogP contribution in [0.5, 0.6) is 5.75 Å². The molecule has 3 rings (SSSR count). The zero-order valence-electron chi connectivity index (χ0n) is 20.4. The van der Waals surface area contributed by atoms with Gasteiger partial charge in [0.1, 0.15) is 11.8 Å². The van der Waals surface area contributed by atoms with Crippen LogP contribution in [0, 0.1) is 0 Å². The second-order valence-electron chi connectivity index (χ2n) is 8.25. The molecule has 0 saturated carbocycles. The molecule has 14 heteroatoms. The van der Waals surface area contributed by atoms with Crippen molar-refractivity contribution in [1.29, 1.82) is 0 Å². The smallest absolute Gasteiger partial charge is 0.240 e. The molecule has 0 bridgehead atoms. The number of fused-ring (bicyclic) bond motifs is 1. The van der Waals surface area contributed by atoms with E-state index in [-0.39, 0.29) is 30.3 Å². The monoisotopic (exact) mass is 561 g/mol. The van der Waals surface area contributed by atoms with Crippen molar-refractivity contribution in [1.82, 2.24) is 20.9 Å². The fourth-order valence-electron chi connectivity index (χ4n) is 3.22. The largest absolute Gasteiger partial charge is 0.493 e. The summed E-state index contributed by atoms with van der Waals surface area (Å²) in [5.74, 6) is -1.89. The Labute approximate surface area is 222 Å². The van der Waals surface area contributed by atoms with Crippen molar-refractivity contribution < 1.29 is 32.3 Å². The molecule has 1 atom stereocenters. The first kappa shape index (κ1) is 28.5. The number of nitrogens with one attached hydrogen (secondary N) is 3. The Hall–Kier alpha value is -4.04. The van der Waals surface area contributed by atoms with E-state index in [1.54, 1.807) is 42.5 Å². The number of aromatic nitrogens is 1. The Morgan fingerprint density at radius 2 is 1.68 bits per heavy atom. The van der Waals surface area contributed by atoms with Crippen LogP contribution in [0.1, 0.15) is 12.0 Å². The van der Waals surface area contributed by atoms with Crippen LogP contribution in [0.4, 0.5) is 0 Å². The van der Waals surface area contributed by atoms with E-state index in [0.29, 0.717) is 16.0 Å². The van der Waals surface area contributed by atoms with Crippen molar-refractivity contribution in [2.45, 2.75) is 23.2 Å². The van der Waals surface area contributed by atoms with Crippen molar-refractivity contribution in [3.05, 3.63) is 54.1 Å². The lowest BCUT2D eigenvalue weighted by atomic mass is 10.1. The summed E-state index contributed by atoms with van der Waals surface area (Å²) in [7, 11) is -3.41. The van der Waals surface area contributed by atoms with Crippen LogP contribution in [0.25, 0.3) is 10.2 Å². The zero-order chi connectivity index (χ0) is 27.7. The number of carbonyl (C=O) groups excluding carboxylic acids is 4. The fraction of sp³-hybridized carbons (Fsp3) is 0.292. The van der Waals surface area contributed by atoms with Gasteiger partial charge in [-0.1, -0.05) is 30.3 Å². The third-order valence-electron chi connectivity index (χ3n) is 5.11. The van der Waals surface area contributed by atoms with Gasteiger partial charge >= 0.3 is 0 Å². The summed E-state index contributed by atoms with van der Waals surface area (Å²) in [6, 6.07) is 13.0. The molecule has 0 radical (unpaired) electrons. The van der Waals surface area contributed by atoms with Crippen molar-refractivity contribution in [2.75, 3.05) is 26.0 Å². The van der Waals surface area contributed by atoms with Gasteiger partial charge in [0, 0.05) is 12.7 Å². The summed E-state index contributed by atoms with van der Waals surface area (Å²) < 4.78 is 29.5. The number of hydrogen-bond acceptors (Lipinski definition) is 9. The molecule has 202 valence electrons. The highest BCUT2D eigenvalue weighted by atomic mass is 32.2. The molecule has 1 unspecified atom stereocenters. The van der Waals surface area contributed by atoms with Gasteiger partial charge in [0.2, 0.25) is 37.8 Å². The predicted molar refractivity (Wildman–Crippen MR) is 140 cm³/mol. The van der Waals surface area contributed by atoms with Gasteiger partial charge in [-0.05, 0) is 23.8 Å². The minimum absolute atomic E-state index is 0.0136. The maximum absolute atomic E-state index is 12.1. The Morgan fingerprint density at radius 1 is 1.00 bits per heavy atom. The van der Waals surface area contributed by atoms with Gasteiger partial charge < -0.3 is 26.4 Å². The molecular weight excluding hydrogens is 534 g/mol. The molecule has 0 saturated heterocycles. The van der Waals surface area contributed by atoms with Gasteiger partial charge in [-0.25, -0.2) is 13.4 Å². The summed E-state index contributed by atoms with van der Waals surface area (Å²) in [6.45, 7) is -0.719. The van der Waals surface area contributed by atoms with E-state index >= 15 is 0 Å². The second kappa shape index (κ2) is 13.0. The first-order valence-corrected chi connectivity index (χ1v) is 14.1. The number of carbonyl (C=O) groups is 4. The van der Waals surface area contributed by atoms with Crippen molar-refractivity contribution in [3.8, 4) is 5.75 Å². The van der Waals surface area contributed by atoms with E-state index < -0.39 is 46.1 Å². The van der Waals surface area contributed by atoms with Crippen LogP contribution in [0.15, 0.2) is 52.9 Å². The maximum Gasteiger partial charge on any atom is 0.240 e. The number of rotatable bonds is 13. The minimum atomic E-state index is -3.41. The predicted octanol–water partition coefficient (Wildman–Crippen LogP) is -0.0861. The number of ether oxygens (including phenoxy) is 1. The molecule has 0 aliphatic rings. The van der Waals surface area contributed by atoms with E-state index in [9.17, 15) is 27.6 Å². The fourth-order valence-corrected chi connectivity index (χ4v) is 5.08. The van der Waals surface area contributed by atoms with Crippen LogP contribution < -0.4 is 26.4 Å². The number of nitrogens with zero attached hydrogens (tertiary/aromatic N) is 1. The average molecular weight is 562 g/mol. The molecule has 4 amide bonds. The molecule has 0 aliphatic heterocycles. The lowest BCUT2D eigenvalue weighted by Crippen LogP contribution is -2.49. The van der Waals surface area contributed by atoms with Gasteiger partial charge in [0.05, 0.1) is 36.3 Å². The van der Waals surface area contributed by atoms with E-state index in [1.165, 1.54) is 0 Å². The van der Waals surface area contributed by atoms with Crippen LogP contribution in [0.2, 0.25) is 0 Å². The number of hydrogen-bond donors (Lipinski definition) is 4. The third-order valence-corrected chi connectivity index (χ3v) is 7.81. The van der Waals surface area contributed by atoms with Crippen LogP contribution >= 0.6 is 11.3 Å². The zero-order valence-corrected chi connectivity index (χ0v) is 22.1. The second-order valence-corrected chi connectivity index (χ2v) is 11.5. The lowest BCUT2D eigenvalue weighted by Gasteiger charge is -2.16. The number of amides is 4. The summed E-state index contributed by atoms with van der Waals surface area (Å²) >= 11 is 1.03. The van der Waals surface area contributed by atoms with Gasteiger partial charge in [-0.2, -0.15) is 0 Å². The minimum Gasteiger partial charge on any atom is -0.493 e. The Kier molecular flexibility index (Phi) is 9.73. The normalized spacial score (nSPS) is 11.9. The van der Waals surface area contributed by atoms with Crippen LogP contribution in [-0.2, 0) is 35.4 Å². The summed E-state index contributed by atoms with van der Waals surface area (Å²) in [5.41, 5.74) is 6.71. The van der Waals surface area contributed by atoms with Crippen molar-refractivity contribution in [2.24, 2.45) is 5.73 Å². The first-order valence-electron chi connectivity index (χ1n) is 11.4. The standard InChI is InChI=1S/C24H27N5O7S2/c1-38(34,35)24-29-17-8-7-16(12-19(17)37-24)36-10-9-20(30)26-13-21(31)27-14-22(32)28-18(23(25)33)11-15-5-3-2-4-6-15/h2-8,12,18H,9-11,13-14H2,1H3,(H2,25,33)(H,26,30)(H,27,31)(H,28,32). The summed E-state index contributed by atoms with van der Waals surface area (Å²) in [4.78, 5) is 51.9. The van der Waals surface area contributed by atoms with Crippen molar-refractivity contribution in [3.63, 3.8) is 0 Å². The molecule has 5 N–H and O–H groups in total. The number of sulfone groups is 1. The number of thiazole rings is 1. The maximum atomic E-state index is 12.1. The molecule has 3 aromatic rings. The van der Waals surface area contributed by atoms with Gasteiger partial charge in [-0.15, -0.1) is 11.3 Å². The van der Waals surface area contributed by atoms with Gasteiger partial charge in [-0.3, -0.25) is 19.2 Å². The van der Waals surface area contributed by atoms with E-state index in [1.807, 2.05) is 6.07 Å². The van der Waals surface area contributed by atoms with Crippen LogP contribution in [0.3, 0.4) is 0 Å². The van der Waals surface area contributed by atoms with Crippen LogP contribution in [-0.4, -0.2) is 69.0 Å². The number of benzene rings is 2. The SMILES string of the molecule is CS(=O)(=O)c1nc2ccc(OCCC(=O)NCC(=O)NCC(=O)NC(Cc3ccccc3)C(N)=O)cc2s1. The van der Waals surface area contributed by atoms with Gasteiger partial charge in [0.15, 0.2) is 0 Å². The molecule has 1 heterocycles. The van der Waals surface area contributed by atoms with E-state index in [0.717, 1.165) is 23.2 Å². The average Bonchev–Trinajstić information content (AvgIpc) is 3.31. The lowest BCUT2D eigenvalue weighted by molar-refractivity contribution is -0.129. The Bertz CT molecular complexity index is 1420. The third kappa shape index (κ3) is 8.81. The number of primary amides is 1. The van der Waals surface area contributed by atoms with Gasteiger partial charge in [0.25, 0.3) is 0 Å². The highest BCUT2D eigenvalue weighted by molar-refractivity contribution is 7.92. The first-order chi connectivity index (χ1) is 18.0. The van der Waals surface area contributed by atoms with E-state index in [4.69, 9.17) is 10.5 Å². The molecule has 0 fully saturated rings. The summed E-state index contributed by atoms with van der Waals surface area (Å²) in [6.07, 6.45) is 1.26. The quantitative estimate of drug-likeness (QED) is 0.223. The Morgan fingerprint density at radius 3 is 2.37 bits per heavy atom. The molecule has 2 aromatic carbocycles. The topological polar surface area (TPSA) is 187 Å².